The first kappa shape index (κ1) is 19.8. The lowest BCUT2D eigenvalue weighted by Gasteiger charge is -2.09. The van der Waals surface area contributed by atoms with Crippen molar-refractivity contribution >= 4 is 17.7 Å². The molecule has 0 amide bonds. The summed E-state index contributed by atoms with van der Waals surface area (Å²) in [6, 6.07) is 14.7. The van der Waals surface area contributed by atoms with E-state index in [1.807, 2.05) is 41.0 Å². The van der Waals surface area contributed by atoms with Gasteiger partial charge in [-0.25, -0.2) is 4.79 Å². The summed E-state index contributed by atoms with van der Waals surface area (Å²) in [5, 5.41) is 9.45. The van der Waals surface area contributed by atoms with Crippen molar-refractivity contribution in [3.8, 4) is 17.1 Å². The van der Waals surface area contributed by atoms with E-state index >= 15 is 0 Å². The van der Waals surface area contributed by atoms with E-state index < -0.39 is 5.97 Å². The number of benzene rings is 1. The van der Waals surface area contributed by atoms with Crippen LogP contribution in [0.1, 0.15) is 22.1 Å². The van der Waals surface area contributed by atoms with Gasteiger partial charge in [-0.2, -0.15) is 0 Å². The summed E-state index contributed by atoms with van der Waals surface area (Å²) in [6.45, 7) is 0.473. The zero-order chi connectivity index (χ0) is 20.9. The molecular formula is C21H19N3O5S. The first-order chi connectivity index (χ1) is 14.7. The van der Waals surface area contributed by atoms with Gasteiger partial charge in [0.1, 0.15) is 17.3 Å². The number of rotatable bonds is 8. The predicted octanol–water partition coefficient (Wildman–Crippen LogP) is 4.27. The van der Waals surface area contributed by atoms with Crippen LogP contribution in [0.3, 0.4) is 0 Å². The fraction of sp³-hybridized carbons (Fsp3) is 0.190. The Morgan fingerprint density at radius 3 is 2.77 bits per heavy atom. The molecule has 154 valence electrons. The number of carbonyl (C=O) groups is 1. The van der Waals surface area contributed by atoms with Gasteiger partial charge in [0, 0.05) is 5.56 Å². The quantitative estimate of drug-likeness (QED) is 0.305. The van der Waals surface area contributed by atoms with Gasteiger partial charge in [-0.1, -0.05) is 23.9 Å². The third-order valence-electron chi connectivity index (χ3n) is 4.33. The SMILES string of the molecule is COC(=O)c1ccc(CSc2nnc(-c3cccc(OC)c3)n2Cc2ccco2)o1. The van der Waals surface area contributed by atoms with Gasteiger partial charge in [-0.05, 0) is 36.4 Å². The Bertz CT molecular complexity index is 1130. The molecule has 0 N–H and O–H groups in total. The van der Waals surface area contributed by atoms with Crippen LogP contribution in [0.25, 0.3) is 11.4 Å². The number of hydrogen-bond donors (Lipinski definition) is 0. The Labute approximate surface area is 176 Å². The lowest BCUT2D eigenvalue weighted by atomic mass is 10.2. The Balaban J connectivity index is 1.61. The van der Waals surface area contributed by atoms with Crippen molar-refractivity contribution in [2.45, 2.75) is 17.5 Å². The van der Waals surface area contributed by atoms with Gasteiger partial charge in [0.05, 0.1) is 32.8 Å². The van der Waals surface area contributed by atoms with Crippen molar-refractivity contribution in [1.82, 2.24) is 14.8 Å². The molecule has 0 bridgehead atoms. The molecule has 0 spiro atoms. The second-order valence-corrected chi connectivity index (χ2v) is 7.19. The molecule has 0 aliphatic carbocycles. The van der Waals surface area contributed by atoms with Gasteiger partial charge < -0.3 is 18.3 Å². The van der Waals surface area contributed by atoms with Gasteiger partial charge in [0.15, 0.2) is 11.0 Å². The summed E-state index contributed by atoms with van der Waals surface area (Å²) in [5.74, 6) is 2.99. The zero-order valence-corrected chi connectivity index (χ0v) is 17.2. The second kappa shape index (κ2) is 8.91. The molecule has 0 atom stereocenters. The Morgan fingerprint density at radius 1 is 1.10 bits per heavy atom. The fourth-order valence-corrected chi connectivity index (χ4v) is 3.71. The second-order valence-electron chi connectivity index (χ2n) is 6.25. The number of ether oxygens (including phenoxy) is 2. The van der Waals surface area contributed by atoms with Crippen molar-refractivity contribution in [3.05, 3.63) is 72.1 Å². The zero-order valence-electron chi connectivity index (χ0n) is 16.4. The highest BCUT2D eigenvalue weighted by Crippen LogP contribution is 2.29. The minimum atomic E-state index is -0.507. The van der Waals surface area contributed by atoms with Crippen molar-refractivity contribution in [2.75, 3.05) is 14.2 Å². The van der Waals surface area contributed by atoms with Crippen molar-refractivity contribution in [3.63, 3.8) is 0 Å². The molecule has 3 aromatic heterocycles. The number of esters is 1. The van der Waals surface area contributed by atoms with Crippen LogP contribution >= 0.6 is 11.8 Å². The molecule has 0 radical (unpaired) electrons. The molecule has 8 nitrogen and oxygen atoms in total. The molecule has 30 heavy (non-hydrogen) atoms. The maximum Gasteiger partial charge on any atom is 0.373 e. The van der Waals surface area contributed by atoms with Crippen LogP contribution in [0.5, 0.6) is 5.75 Å². The van der Waals surface area contributed by atoms with Crippen LogP contribution in [0.15, 0.2) is 68.8 Å². The van der Waals surface area contributed by atoms with Crippen LogP contribution in [0, 0.1) is 0 Å². The van der Waals surface area contributed by atoms with Gasteiger partial charge >= 0.3 is 5.97 Å². The van der Waals surface area contributed by atoms with Gasteiger partial charge in [-0.15, -0.1) is 10.2 Å². The molecule has 0 fully saturated rings. The molecule has 3 heterocycles. The van der Waals surface area contributed by atoms with E-state index in [4.69, 9.17) is 13.6 Å². The summed E-state index contributed by atoms with van der Waals surface area (Å²) in [6.07, 6.45) is 1.63. The molecule has 4 aromatic rings. The summed E-state index contributed by atoms with van der Waals surface area (Å²) in [5.41, 5.74) is 0.881. The lowest BCUT2D eigenvalue weighted by Crippen LogP contribution is -2.03. The topological polar surface area (TPSA) is 92.5 Å². The predicted molar refractivity (Wildman–Crippen MR) is 109 cm³/mol. The van der Waals surface area contributed by atoms with E-state index in [1.54, 1.807) is 25.5 Å². The highest BCUT2D eigenvalue weighted by Gasteiger charge is 2.18. The Hall–Kier alpha value is -3.46. The van der Waals surface area contributed by atoms with Crippen LogP contribution in [-0.4, -0.2) is 35.0 Å². The number of furan rings is 2. The number of carbonyl (C=O) groups excluding carboxylic acids is 1. The molecule has 1 aromatic carbocycles. The smallest absolute Gasteiger partial charge is 0.373 e. The van der Waals surface area contributed by atoms with E-state index in [0.29, 0.717) is 29.0 Å². The lowest BCUT2D eigenvalue weighted by molar-refractivity contribution is 0.0563. The summed E-state index contributed by atoms with van der Waals surface area (Å²) in [7, 11) is 2.94. The molecule has 0 aliphatic rings. The van der Waals surface area contributed by atoms with Crippen molar-refractivity contribution in [2.24, 2.45) is 0 Å². The molecule has 0 unspecified atom stereocenters. The van der Waals surface area contributed by atoms with Crippen LogP contribution in [0.4, 0.5) is 0 Å². The normalized spacial score (nSPS) is 10.9. The fourth-order valence-electron chi connectivity index (χ4n) is 2.87. The van der Waals surface area contributed by atoms with Gasteiger partial charge in [0.2, 0.25) is 5.76 Å². The maximum atomic E-state index is 11.6. The molecule has 0 saturated heterocycles. The number of thioether (sulfide) groups is 1. The third kappa shape index (κ3) is 4.25. The van der Waals surface area contributed by atoms with Gasteiger partial charge in [-0.3, -0.25) is 4.57 Å². The Kier molecular flexibility index (Phi) is 5.89. The number of aromatic nitrogens is 3. The average molecular weight is 425 g/mol. The summed E-state index contributed by atoms with van der Waals surface area (Å²) >= 11 is 1.45. The van der Waals surface area contributed by atoms with E-state index in [-0.39, 0.29) is 5.76 Å². The molecule has 4 rings (SSSR count). The highest BCUT2D eigenvalue weighted by atomic mass is 32.2. The molecular weight excluding hydrogens is 406 g/mol. The van der Waals surface area contributed by atoms with Gasteiger partial charge in [0.25, 0.3) is 0 Å². The molecule has 9 heteroatoms. The summed E-state index contributed by atoms with van der Waals surface area (Å²) in [4.78, 5) is 11.6. The first-order valence-corrected chi connectivity index (χ1v) is 10.1. The van der Waals surface area contributed by atoms with Crippen LogP contribution in [-0.2, 0) is 17.0 Å². The third-order valence-corrected chi connectivity index (χ3v) is 5.32. The first-order valence-electron chi connectivity index (χ1n) is 9.07. The Morgan fingerprint density at radius 2 is 2.00 bits per heavy atom. The van der Waals surface area contributed by atoms with Crippen LogP contribution in [0.2, 0.25) is 0 Å². The number of hydrogen-bond acceptors (Lipinski definition) is 8. The summed E-state index contributed by atoms with van der Waals surface area (Å²) < 4.78 is 23.0. The van der Waals surface area contributed by atoms with Crippen LogP contribution < -0.4 is 4.74 Å². The van der Waals surface area contributed by atoms with E-state index in [9.17, 15) is 4.79 Å². The minimum absolute atomic E-state index is 0.169. The van der Waals surface area contributed by atoms with Crippen molar-refractivity contribution in [1.29, 1.82) is 0 Å². The van der Waals surface area contributed by atoms with Crippen molar-refractivity contribution < 1.29 is 23.1 Å². The van der Waals surface area contributed by atoms with E-state index in [2.05, 4.69) is 14.9 Å². The molecule has 0 saturated carbocycles. The van der Waals surface area contributed by atoms with E-state index in [1.165, 1.54) is 18.9 Å². The number of nitrogens with zero attached hydrogens (tertiary/aromatic N) is 3. The number of methoxy groups -OCH3 is 2. The average Bonchev–Trinajstić information content (AvgIpc) is 3.53. The monoisotopic (exact) mass is 425 g/mol. The highest BCUT2D eigenvalue weighted by molar-refractivity contribution is 7.98. The van der Waals surface area contributed by atoms with E-state index in [0.717, 1.165) is 17.1 Å². The largest absolute Gasteiger partial charge is 0.497 e. The minimum Gasteiger partial charge on any atom is -0.497 e. The molecule has 0 aliphatic heterocycles. The maximum absolute atomic E-state index is 11.6. The standard InChI is InChI=1S/C21H19N3O5S/c1-26-15-6-3-5-14(11-15)19-22-23-21(24(19)12-16-7-4-10-28-16)30-13-17-8-9-18(29-17)20(25)27-2/h3-11H,12-13H2,1-2H3.